The highest BCUT2D eigenvalue weighted by Crippen LogP contribution is 2.34. The summed E-state index contributed by atoms with van der Waals surface area (Å²) < 4.78 is 30.4. The third-order valence-corrected chi connectivity index (χ3v) is 4.36. The third kappa shape index (κ3) is 5.17. The highest BCUT2D eigenvalue weighted by atomic mass is 35.5. The lowest BCUT2D eigenvalue weighted by atomic mass is 10.2. The number of nitrogens with zero attached hydrogens (tertiary/aromatic N) is 3. The molecule has 2 aromatic heterocycles. The van der Waals surface area contributed by atoms with Gasteiger partial charge in [-0.25, -0.2) is 9.37 Å². The molecule has 0 radical (unpaired) electrons. The Hall–Kier alpha value is -2.46. The fourth-order valence-electron chi connectivity index (χ4n) is 2.36. The third-order valence-electron chi connectivity index (χ3n) is 3.78. The van der Waals surface area contributed by atoms with Crippen molar-refractivity contribution in [2.24, 2.45) is 5.73 Å². The van der Waals surface area contributed by atoms with Crippen molar-refractivity contribution in [1.29, 1.82) is 0 Å². The monoisotopic (exact) mass is 456 g/mol. The van der Waals surface area contributed by atoms with Crippen LogP contribution in [-0.2, 0) is 0 Å². The molecule has 1 atom stereocenters. The minimum atomic E-state index is -0.689. The first-order valence-electron chi connectivity index (χ1n) is 8.93. The molecule has 0 aliphatic carbocycles. The number of nitrogens with two attached hydrogens (primary N) is 1. The molecule has 3 aromatic rings. The Morgan fingerprint density at radius 3 is 2.67 bits per heavy atom. The van der Waals surface area contributed by atoms with Crippen molar-refractivity contribution in [3.8, 4) is 34.5 Å². The van der Waals surface area contributed by atoms with Crippen molar-refractivity contribution < 1.29 is 23.5 Å². The van der Waals surface area contributed by atoms with E-state index in [0.717, 1.165) is 6.07 Å². The first-order valence-corrected chi connectivity index (χ1v) is 9.69. The van der Waals surface area contributed by atoms with Gasteiger partial charge in [0.15, 0.2) is 11.6 Å². The SMILES string of the molecule is CC(C)Oc1ncc(-c2nc(-c3cc(F)c(OC[C@H](N)CO)cc3Cl)no2)cc1Cl. The van der Waals surface area contributed by atoms with Gasteiger partial charge in [0.2, 0.25) is 11.7 Å². The molecule has 30 heavy (non-hydrogen) atoms. The van der Waals surface area contributed by atoms with Gasteiger partial charge < -0.3 is 24.8 Å². The minimum absolute atomic E-state index is 0.0697. The summed E-state index contributed by atoms with van der Waals surface area (Å²) in [6, 6.07) is 3.35. The summed E-state index contributed by atoms with van der Waals surface area (Å²) >= 11 is 12.4. The molecule has 0 saturated carbocycles. The maximum Gasteiger partial charge on any atom is 0.259 e. The summed E-state index contributed by atoms with van der Waals surface area (Å²) in [4.78, 5) is 8.39. The van der Waals surface area contributed by atoms with Crippen LogP contribution < -0.4 is 15.2 Å². The topological polar surface area (TPSA) is 117 Å². The molecular weight excluding hydrogens is 438 g/mol. The van der Waals surface area contributed by atoms with Crippen molar-refractivity contribution in [2.75, 3.05) is 13.2 Å². The Kier molecular flexibility index (Phi) is 7.09. The summed E-state index contributed by atoms with van der Waals surface area (Å²) in [5.74, 6) is -0.303. The smallest absolute Gasteiger partial charge is 0.259 e. The molecule has 0 saturated heterocycles. The largest absolute Gasteiger partial charge is 0.489 e. The zero-order chi connectivity index (χ0) is 21.8. The summed E-state index contributed by atoms with van der Waals surface area (Å²) in [5.41, 5.74) is 6.22. The molecule has 0 aliphatic rings. The number of aliphatic hydroxyl groups is 1. The van der Waals surface area contributed by atoms with Crippen LogP contribution in [0.4, 0.5) is 4.39 Å². The summed E-state index contributed by atoms with van der Waals surface area (Å²) in [6.45, 7) is 3.36. The van der Waals surface area contributed by atoms with Crippen LogP contribution in [0.3, 0.4) is 0 Å². The van der Waals surface area contributed by atoms with E-state index >= 15 is 0 Å². The van der Waals surface area contributed by atoms with Gasteiger partial charge in [0.1, 0.15) is 11.6 Å². The minimum Gasteiger partial charge on any atom is -0.489 e. The summed E-state index contributed by atoms with van der Waals surface area (Å²) in [5, 5.41) is 13.2. The molecule has 3 rings (SSSR count). The first-order chi connectivity index (χ1) is 14.3. The van der Waals surface area contributed by atoms with Crippen LogP contribution in [0.5, 0.6) is 11.6 Å². The van der Waals surface area contributed by atoms with Gasteiger partial charge in [0, 0.05) is 17.8 Å². The van der Waals surface area contributed by atoms with Crippen LogP contribution >= 0.6 is 23.2 Å². The Morgan fingerprint density at radius 2 is 2.00 bits per heavy atom. The normalized spacial score (nSPS) is 12.3. The molecule has 160 valence electrons. The highest BCUT2D eigenvalue weighted by molar-refractivity contribution is 6.33. The second-order valence-electron chi connectivity index (χ2n) is 6.62. The van der Waals surface area contributed by atoms with Crippen molar-refractivity contribution >= 4 is 23.2 Å². The first kappa shape index (κ1) is 22.2. The maximum absolute atomic E-state index is 14.4. The van der Waals surface area contributed by atoms with Gasteiger partial charge in [-0.1, -0.05) is 28.4 Å². The molecule has 11 heteroatoms. The van der Waals surface area contributed by atoms with E-state index in [9.17, 15) is 4.39 Å². The molecule has 2 heterocycles. The standard InChI is InChI=1S/C19H19Cl2FN4O4/c1-9(2)29-19-14(21)3-10(6-24-19)18-25-17(26-30-18)12-4-15(22)16(5-13(12)20)28-8-11(23)7-27/h3-6,9,11,27H,7-8,23H2,1-2H3/t11-/m1/s1. The highest BCUT2D eigenvalue weighted by Gasteiger charge is 2.19. The van der Waals surface area contributed by atoms with Gasteiger partial charge in [-0.05, 0) is 26.0 Å². The fraction of sp³-hybridized carbons (Fsp3) is 0.316. The van der Waals surface area contributed by atoms with Crippen molar-refractivity contribution in [2.45, 2.75) is 26.0 Å². The summed E-state index contributed by atoms with van der Waals surface area (Å²) in [6.07, 6.45) is 1.39. The Morgan fingerprint density at radius 1 is 1.23 bits per heavy atom. The number of benzene rings is 1. The van der Waals surface area contributed by atoms with Crippen molar-refractivity contribution in [3.05, 3.63) is 40.3 Å². The molecule has 0 bridgehead atoms. The van der Waals surface area contributed by atoms with E-state index in [0.29, 0.717) is 5.56 Å². The van der Waals surface area contributed by atoms with E-state index in [1.807, 2.05) is 13.8 Å². The van der Waals surface area contributed by atoms with Gasteiger partial charge in [-0.3, -0.25) is 0 Å². The lowest BCUT2D eigenvalue weighted by Gasteiger charge is -2.12. The van der Waals surface area contributed by atoms with E-state index in [1.54, 1.807) is 6.07 Å². The van der Waals surface area contributed by atoms with Gasteiger partial charge in [-0.2, -0.15) is 4.98 Å². The predicted octanol–water partition coefficient (Wildman–Crippen LogP) is 3.73. The van der Waals surface area contributed by atoms with Gasteiger partial charge in [-0.15, -0.1) is 0 Å². The van der Waals surface area contributed by atoms with Gasteiger partial charge in [0.25, 0.3) is 5.89 Å². The second kappa shape index (κ2) is 9.57. The molecule has 0 unspecified atom stereocenters. The number of aromatic nitrogens is 3. The van der Waals surface area contributed by atoms with E-state index in [1.165, 1.54) is 12.3 Å². The number of rotatable bonds is 8. The second-order valence-corrected chi connectivity index (χ2v) is 7.43. The average molecular weight is 457 g/mol. The number of pyridine rings is 1. The number of ether oxygens (including phenoxy) is 2. The van der Waals surface area contributed by atoms with Crippen LogP contribution in [0.15, 0.2) is 28.9 Å². The van der Waals surface area contributed by atoms with E-state index in [2.05, 4.69) is 15.1 Å². The molecule has 0 spiro atoms. The molecule has 0 amide bonds. The Labute approximate surface area is 181 Å². The fourth-order valence-corrected chi connectivity index (χ4v) is 2.81. The van der Waals surface area contributed by atoms with Gasteiger partial charge >= 0.3 is 0 Å². The van der Waals surface area contributed by atoms with E-state index in [4.69, 9.17) is 48.0 Å². The molecule has 0 aliphatic heterocycles. The lowest BCUT2D eigenvalue weighted by Crippen LogP contribution is -2.31. The number of hydrogen-bond acceptors (Lipinski definition) is 8. The lowest BCUT2D eigenvalue weighted by molar-refractivity contribution is 0.202. The van der Waals surface area contributed by atoms with E-state index in [-0.39, 0.29) is 58.3 Å². The molecule has 3 N–H and O–H groups in total. The molecule has 0 fully saturated rings. The van der Waals surface area contributed by atoms with Crippen LogP contribution in [-0.4, -0.2) is 45.6 Å². The van der Waals surface area contributed by atoms with Crippen LogP contribution in [0.2, 0.25) is 10.0 Å². The number of aliphatic hydroxyl groups excluding tert-OH is 1. The molecular formula is C19H19Cl2FN4O4. The van der Waals surface area contributed by atoms with Crippen molar-refractivity contribution in [1.82, 2.24) is 15.1 Å². The Balaban J connectivity index is 1.84. The van der Waals surface area contributed by atoms with E-state index < -0.39 is 11.9 Å². The zero-order valence-corrected chi connectivity index (χ0v) is 17.6. The van der Waals surface area contributed by atoms with Crippen LogP contribution in [0.1, 0.15) is 13.8 Å². The summed E-state index contributed by atoms with van der Waals surface area (Å²) in [7, 11) is 0. The quantitative estimate of drug-likeness (QED) is 0.526. The number of halogens is 3. The number of hydrogen-bond donors (Lipinski definition) is 2. The van der Waals surface area contributed by atoms with Crippen LogP contribution in [0, 0.1) is 5.82 Å². The molecule has 1 aromatic carbocycles. The maximum atomic E-state index is 14.4. The predicted molar refractivity (Wildman–Crippen MR) is 109 cm³/mol. The van der Waals surface area contributed by atoms with Crippen molar-refractivity contribution in [3.63, 3.8) is 0 Å². The average Bonchev–Trinajstić information content (AvgIpc) is 3.19. The zero-order valence-electron chi connectivity index (χ0n) is 16.1. The van der Waals surface area contributed by atoms with Gasteiger partial charge in [0.05, 0.1) is 29.3 Å². The molecule has 8 nitrogen and oxygen atoms in total. The Bertz CT molecular complexity index is 1030. The van der Waals surface area contributed by atoms with Crippen LogP contribution in [0.25, 0.3) is 22.8 Å².